The van der Waals surface area contributed by atoms with Crippen LogP contribution in [0.2, 0.25) is 0 Å². The molecule has 0 aliphatic carbocycles. The number of amides is 1. The zero-order valence-corrected chi connectivity index (χ0v) is 14.4. The quantitative estimate of drug-likeness (QED) is 0.874. The van der Waals surface area contributed by atoms with E-state index in [-0.39, 0.29) is 29.8 Å². The molecule has 0 radical (unpaired) electrons. The van der Waals surface area contributed by atoms with E-state index in [1.54, 1.807) is 17.0 Å². The van der Waals surface area contributed by atoms with Gasteiger partial charge in [0.15, 0.2) is 0 Å². The lowest BCUT2D eigenvalue weighted by atomic mass is 9.99. The highest BCUT2D eigenvalue weighted by Crippen LogP contribution is 2.19. The van der Waals surface area contributed by atoms with Crippen molar-refractivity contribution in [2.75, 3.05) is 25.1 Å². The van der Waals surface area contributed by atoms with Crippen molar-refractivity contribution in [3.05, 3.63) is 34.7 Å². The number of nitrogens with one attached hydrogen (secondary N) is 1. The summed E-state index contributed by atoms with van der Waals surface area (Å²) in [5.41, 5.74) is 1.13. The molecule has 0 bridgehead atoms. The molecule has 24 heavy (non-hydrogen) atoms. The normalized spacial score (nSPS) is 16.6. The van der Waals surface area contributed by atoms with Crippen LogP contribution in [0.3, 0.4) is 0 Å². The third-order valence-electron chi connectivity index (χ3n) is 4.48. The van der Waals surface area contributed by atoms with Gasteiger partial charge >= 0.3 is 5.69 Å². The predicted molar refractivity (Wildman–Crippen MR) is 91.6 cm³/mol. The Bertz CT molecular complexity index is 905. The van der Waals surface area contributed by atoms with E-state index < -0.39 is 9.84 Å². The van der Waals surface area contributed by atoms with Gasteiger partial charge in [-0.2, -0.15) is 0 Å². The highest BCUT2D eigenvalue weighted by molar-refractivity contribution is 7.90. The van der Waals surface area contributed by atoms with Crippen LogP contribution in [-0.2, 0) is 21.2 Å². The molecule has 1 amide bonds. The van der Waals surface area contributed by atoms with Crippen molar-refractivity contribution >= 4 is 26.8 Å². The minimum Gasteiger partial charge on any atom is -0.341 e. The number of carbonyl (C=O) groups excluding carboxylic acids is 1. The summed E-state index contributed by atoms with van der Waals surface area (Å²) < 4.78 is 24.2. The lowest BCUT2D eigenvalue weighted by Gasteiger charge is -2.31. The zero-order chi connectivity index (χ0) is 17.3. The molecule has 1 aromatic heterocycles. The van der Waals surface area contributed by atoms with E-state index in [2.05, 4.69) is 4.98 Å². The van der Waals surface area contributed by atoms with Gasteiger partial charge in [-0.05, 0) is 30.9 Å². The van der Waals surface area contributed by atoms with Crippen molar-refractivity contribution in [3.63, 3.8) is 0 Å². The molecule has 8 heteroatoms. The summed E-state index contributed by atoms with van der Waals surface area (Å²) in [4.78, 5) is 29.0. The Labute approximate surface area is 140 Å². The minimum atomic E-state index is -2.99. The van der Waals surface area contributed by atoms with Crippen LogP contribution in [0.15, 0.2) is 29.1 Å². The fourth-order valence-corrected chi connectivity index (χ4v) is 4.47. The molecule has 0 atom stereocenters. The summed E-state index contributed by atoms with van der Waals surface area (Å²) in [6.07, 6.45) is 2.61. The molecule has 3 rings (SSSR count). The highest BCUT2D eigenvalue weighted by atomic mass is 32.2. The lowest BCUT2D eigenvalue weighted by Crippen LogP contribution is -2.42. The van der Waals surface area contributed by atoms with Crippen LogP contribution in [0.25, 0.3) is 11.0 Å². The molecule has 2 heterocycles. The number of aromatic amines is 1. The molecule has 2 aromatic rings. The fourth-order valence-electron chi connectivity index (χ4n) is 3.28. The number of benzene rings is 1. The molecule has 1 saturated heterocycles. The van der Waals surface area contributed by atoms with Gasteiger partial charge in [-0.3, -0.25) is 9.36 Å². The number of hydrogen-bond acceptors (Lipinski definition) is 4. The van der Waals surface area contributed by atoms with Crippen LogP contribution in [0.5, 0.6) is 0 Å². The number of likely N-dealkylation sites (tertiary alicyclic amines) is 1. The molecule has 1 aliphatic heterocycles. The van der Waals surface area contributed by atoms with E-state index >= 15 is 0 Å². The van der Waals surface area contributed by atoms with Crippen molar-refractivity contribution in [3.8, 4) is 0 Å². The number of carbonyl (C=O) groups is 1. The maximum atomic E-state index is 12.5. The number of imidazole rings is 1. The van der Waals surface area contributed by atoms with Crippen molar-refractivity contribution in [2.45, 2.75) is 19.4 Å². The number of hydrogen-bond donors (Lipinski definition) is 1. The van der Waals surface area contributed by atoms with Gasteiger partial charge in [0.05, 0.1) is 16.8 Å². The average molecular weight is 351 g/mol. The Morgan fingerprint density at radius 3 is 2.58 bits per heavy atom. The van der Waals surface area contributed by atoms with Gasteiger partial charge in [-0.15, -0.1) is 0 Å². The molecule has 130 valence electrons. The summed E-state index contributed by atoms with van der Waals surface area (Å²) in [5.74, 6) is 0.177. The molecule has 0 spiro atoms. The topological polar surface area (TPSA) is 92.2 Å². The first-order valence-electron chi connectivity index (χ1n) is 7.96. The van der Waals surface area contributed by atoms with Crippen LogP contribution < -0.4 is 5.69 Å². The first kappa shape index (κ1) is 16.8. The maximum absolute atomic E-state index is 12.5. The SMILES string of the molecule is CS(=O)(=O)CC1CCN(C(=O)Cn2c(=O)[nH]c3ccccc32)CC1. The van der Waals surface area contributed by atoms with E-state index in [1.165, 1.54) is 10.8 Å². The van der Waals surface area contributed by atoms with Crippen LogP contribution >= 0.6 is 0 Å². The van der Waals surface area contributed by atoms with Gasteiger partial charge in [0, 0.05) is 19.3 Å². The number of sulfone groups is 1. The number of para-hydroxylation sites is 2. The van der Waals surface area contributed by atoms with Crippen molar-refractivity contribution in [1.29, 1.82) is 0 Å². The third-order valence-corrected chi connectivity index (χ3v) is 5.56. The second-order valence-electron chi connectivity index (χ2n) is 6.45. The van der Waals surface area contributed by atoms with Gasteiger partial charge in [0.2, 0.25) is 5.91 Å². The molecule has 1 N–H and O–H groups in total. The number of nitrogens with zero attached hydrogens (tertiary/aromatic N) is 2. The van der Waals surface area contributed by atoms with Crippen LogP contribution in [0, 0.1) is 5.92 Å². The van der Waals surface area contributed by atoms with E-state index in [0.29, 0.717) is 37.0 Å². The zero-order valence-electron chi connectivity index (χ0n) is 13.6. The second kappa shape index (κ2) is 6.43. The van der Waals surface area contributed by atoms with Gasteiger partial charge in [-0.25, -0.2) is 13.2 Å². The summed E-state index contributed by atoms with van der Waals surface area (Å²) in [7, 11) is -2.99. The monoisotopic (exact) mass is 351 g/mol. The Morgan fingerprint density at radius 2 is 1.92 bits per heavy atom. The molecule has 0 unspecified atom stereocenters. The predicted octanol–water partition coefficient (Wildman–Crippen LogP) is 0.613. The lowest BCUT2D eigenvalue weighted by molar-refractivity contribution is -0.133. The molecule has 7 nitrogen and oxygen atoms in total. The fraction of sp³-hybridized carbons (Fsp3) is 0.500. The number of rotatable bonds is 4. The van der Waals surface area contributed by atoms with E-state index in [9.17, 15) is 18.0 Å². The van der Waals surface area contributed by atoms with Crippen LogP contribution in [0.4, 0.5) is 0 Å². The van der Waals surface area contributed by atoms with E-state index in [0.717, 1.165) is 0 Å². The van der Waals surface area contributed by atoms with E-state index in [1.807, 2.05) is 12.1 Å². The molecule has 1 fully saturated rings. The summed E-state index contributed by atoms with van der Waals surface area (Å²) in [5, 5.41) is 0. The Morgan fingerprint density at radius 1 is 1.25 bits per heavy atom. The smallest absolute Gasteiger partial charge is 0.326 e. The summed E-state index contributed by atoms with van der Waals surface area (Å²) >= 11 is 0. The highest BCUT2D eigenvalue weighted by Gasteiger charge is 2.25. The summed E-state index contributed by atoms with van der Waals surface area (Å²) in [6, 6.07) is 7.26. The molecule has 1 aromatic carbocycles. The first-order valence-corrected chi connectivity index (χ1v) is 10.0. The van der Waals surface area contributed by atoms with Gasteiger partial charge < -0.3 is 9.88 Å². The van der Waals surface area contributed by atoms with E-state index in [4.69, 9.17) is 0 Å². The number of piperidine rings is 1. The van der Waals surface area contributed by atoms with Crippen molar-refractivity contribution < 1.29 is 13.2 Å². The van der Waals surface area contributed by atoms with Gasteiger partial charge in [-0.1, -0.05) is 12.1 Å². The van der Waals surface area contributed by atoms with Gasteiger partial charge in [0.1, 0.15) is 16.4 Å². The van der Waals surface area contributed by atoms with Crippen LogP contribution in [-0.4, -0.2) is 53.9 Å². The van der Waals surface area contributed by atoms with Crippen molar-refractivity contribution in [2.24, 2.45) is 5.92 Å². The first-order chi connectivity index (χ1) is 11.3. The maximum Gasteiger partial charge on any atom is 0.326 e. The number of H-pyrrole nitrogens is 1. The molecule has 1 aliphatic rings. The molecule has 0 saturated carbocycles. The third kappa shape index (κ3) is 3.69. The van der Waals surface area contributed by atoms with Crippen LogP contribution in [0.1, 0.15) is 12.8 Å². The van der Waals surface area contributed by atoms with Crippen molar-refractivity contribution in [1.82, 2.24) is 14.5 Å². The molecular formula is C16H21N3O4S. The Hall–Kier alpha value is -2.09. The summed E-state index contributed by atoms with van der Waals surface area (Å²) in [6.45, 7) is 1.08. The average Bonchev–Trinajstić information content (AvgIpc) is 2.82. The Kier molecular flexibility index (Phi) is 4.49. The molecular weight excluding hydrogens is 330 g/mol. The minimum absolute atomic E-state index is 0.000407. The van der Waals surface area contributed by atoms with Gasteiger partial charge in [0.25, 0.3) is 0 Å². The number of aromatic nitrogens is 2. The largest absolute Gasteiger partial charge is 0.341 e. The Balaban J connectivity index is 1.66. The standard InChI is InChI=1S/C16H21N3O4S/c1-24(22,23)11-12-6-8-18(9-7-12)15(20)10-19-14-5-3-2-4-13(14)17-16(19)21/h2-5,12H,6-11H2,1H3,(H,17,21). The second-order valence-corrected chi connectivity index (χ2v) is 8.63. The number of fused-ring (bicyclic) bond motifs is 1.